The van der Waals surface area contributed by atoms with Gasteiger partial charge in [0.15, 0.2) is 0 Å². The number of piperidine rings is 1. The number of nitrogens with zero attached hydrogens (tertiary/aromatic N) is 3. The molecule has 2 fully saturated rings. The van der Waals surface area contributed by atoms with E-state index in [9.17, 15) is 22.8 Å². The van der Waals surface area contributed by atoms with Crippen LogP contribution < -0.4 is 0 Å². The number of aromatic nitrogens is 1. The third kappa shape index (κ3) is 5.27. The van der Waals surface area contributed by atoms with Crippen LogP contribution in [0.25, 0.3) is 0 Å². The van der Waals surface area contributed by atoms with Crippen molar-refractivity contribution in [2.75, 3.05) is 19.6 Å². The van der Waals surface area contributed by atoms with Gasteiger partial charge in [-0.1, -0.05) is 0 Å². The molecule has 2 aliphatic heterocycles. The van der Waals surface area contributed by atoms with Crippen molar-refractivity contribution in [1.82, 2.24) is 14.8 Å². The number of carbonyl (C=O) groups is 3. The maximum atomic E-state index is 13.1. The van der Waals surface area contributed by atoms with Gasteiger partial charge in [0.25, 0.3) is 5.91 Å². The Morgan fingerprint density at radius 3 is 2.44 bits per heavy atom. The molecule has 0 aromatic carbocycles. The fraction of sp³-hybridized carbons (Fsp3) is 0.429. The Hall–Kier alpha value is -3.37. The van der Waals surface area contributed by atoms with Gasteiger partial charge in [-0.25, -0.2) is 4.79 Å². The van der Waals surface area contributed by atoms with E-state index in [0.29, 0.717) is 25.2 Å². The summed E-state index contributed by atoms with van der Waals surface area (Å²) in [4.78, 5) is 42.4. The summed E-state index contributed by atoms with van der Waals surface area (Å²) in [6.45, 7) is 2.56. The number of pyridine rings is 1. The van der Waals surface area contributed by atoms with Crippen molar-refractivity contribution in [3.05, 3.63) is 54.2 Å². The van der Waals surface area contributed by atoms with Gasteiger partial charge in [-0.05, 0) is 43.0 Å². The Bertz CT molecular complexity index is 949. The monoisotopic (exact) mass is 453 g/mol. The Labute approximate surface area is 181 Å². The molecule has 32 heavy (non-hydrogen) atoms. The maximum Gasteiger partial charge on any atom is 0.490 e. The van der Waals surface area contributed by atoms with Gasteiger partial charge in [0.1, 0.15) is 6.26 Å². The number of hydrogen-bond donors (Lipinski definition) is 1. The van der Waals surface area contributed by atoms with E-state index < -0.39 is 17.6 Å². The minimum atomic E-state index is -5.08. The fourth-order valence-corrected chi connectivity index (χ4v) is 4.00. The Morgan fingerprint density at radius 1 is 1.16 bits per heavy atom. The van der Waals surface area contributed by atoms with Crippen molar-refractivity contribution in [3.63, 3.8) is 0 Å². The molecule has 2 aliphatic rings. The Balaban J connectivity index is 0.000000360. The predicted molar refractivity (Wildman–Crippen MR) is 104 cm³/mol. The molecular weight excluding hydrogens is 431 g/mol. The minimum Gasteiger partial charge on any atom is -0.475 e. The number of carbonyl (C=O) groups excluding carboxylic acids is 2. The first-order valence-electron chi connectivity index (χ1n) is 9.92. The highest BCUT2D eigenvalue weighted by Crippen LogP contribution is 2.41. The molecule has 0 radical (unpaired) electrons. The van der Waals surface area contributed by atoms with Gasteiger partial charge in [-0.15, -0.1) is 0 Å². The van der Waals surface area contributed by atoms with Crippen LogP contribution in [0.2, 0.25) is 0 Å². The van der Waals surface area contributed by atoms with Crippen molar-refractivity contribution < 1.29 is 37.1 Å². The number of rotatable bonds is 3. The van der Waals surface area contributed by atoms with Crippen LogP contribution in [0.3, 0.4) is 0 Å². The van der Waals surface area contributed by atoms with Gasteiger partial charge in [0.2, 0.25) is 5.91 Å². The molecule has 2 amide bonds. The van der Waals surface area contributed by atoms with Crippen molar-refractivity contribution >= 4 is 17.8 Å². The lowest BCUT2D eigenvalue weighted by Gasteiger charge is -2.39. The second-order valence-corrected chi connectivity index (χ2v) is 7.76. The SMILES string of the molecule is O=C(O)C(F)(F)F.O=C(c1ccoc1)N1CCCC2(CCN(Cc3ccncc3)C2=O)C1. The van der Waals surface area contributed by atoms with E-state index in [1.807, 2.05) is 21.9 Å². The van der Waals surface area contributed by atoms with E-state index in [1.165, 1.54) is 12.5 Å². The average Bonchev–Trinajstić information content (AvgIpc) is 3.39. The third-order valence-corrected chi connectivity index (χ3v) is 5.60. The molecule has 1 unspecified atom stereocenters. The van der Waals surface area contributed by atoms with Crippen LogP contribution in [-0.4, -0.2) is 63.5 Å². The summed E-state index contributed by atoms with van der Waals surface area (Å²) in [5.41, 5.74) is 1.21. The molecule has 2 saturated heterocycles. The van der Waals surface area contributed by atoms with Crippen molar-refractivity contribution in [1.29, 1.82) is 0 Å². The zero-order chi connectivity index (χ0) is 23.4. The number of carboxylic acid groups (broad SMARTS) is 1. The van der Waals surface area contributed by atoms with Gasteiger partial charge in [0.05, 0.1) is 17.2 Å². The number of halogens is 3. The van der Waals surface area contributed by atoms with Crippen LogP contribution in [-0.2, 0) is 16.1 Å². The molecule has 4 heterocycles. The number of likely N-dealkylation sites (tertiary alicyclic amines) is 2. The second kappa shape index (κ2) is 9.41. The molecule has 1 spiro atoms. The molecule has 2 aromatic rings. The minimum absolute atomic E-state index is 0.0480. The Kier molecular flexibility index (Phi) is 6.85. The number of carboxylic acids is 1. The van der Waals surface area contributed by atoms with Gasteiger partial charge in [0, 0.05) is 38.6 Å². The lowest BCUT2D eigenvalue weighted by Crippen LogP contribution is -2.49. The largest absolute Gasteiger partial charge is 0.490 e. The molecular formula is C21H22F3N3O5. The summed E-state index contributed by atoms with van der Waals surface area (Å²) in [5, 5.41) is 7.12. The highest BCUT2D eigenvalue weighted by Gasteiger charge is 2.49. The molecule has 1 N–H and O–H groups in total. The zero-order valence-electron chi connectivity index (χ0n) is 17.0. The van der Waals surface area contributed by atoms with Crippen LogP contribution in [0.1, 0.15) is 35.2 Å². The van der Waals surface area contributed by atoms with Crippen LogP contribution >= 0.6 is 0 Å². The van der Waals surface area contributed by atoms with Gasteiger partial charge >= 0.3 is 12.1 Å². The maximum absolute atomic E-state index is 13.1. The first-order valence-corrected chi connectivity index (χ1v) is 9.92. The average molecular weight is 453 g/mol. The first-order chi connectivity index (χ1) is 15.1. The van der Waals surface area contributed by atoms with E-state index >= 15 is 0 Å². The number of hydrogen-bond acceptors (Lipinski definition) is 5. The van der Waals surface area contributed by atoms with E-state index in [-0.39, 0.29) is 11.8 Å². The number of amides is 2. The lowest BCUT2D eigenvalue weighted by atomic mass is 9.78. The number of alkyl halides is 3. The molecule has 11 heteroatoms. The van der Waals surface area contributed by atoms with E-state index in [0.717, 1.165) is 31.4 Å². The summed E-state index contributed by atoms with van der Waals surface area (Å²) in [6, 6.07) is 5.55. The third-order valence-electron chi connectivity index (χ3n) is 5.60. The second-order valence-electron chi connectivity index (χ2n) is 7.76. The molecule has 172 valence electrons. The normalized spacial score (nSPS) is 20.8. The van der Waals surface area contributed by atoms with E-state index in [4.69, 9.17) is 14.3 Å². The summed E-state index contributed by atoms with van der Waals surface area (Å²) >= 11 is 0. The molecule has 0 bridgehead atoms. The smallest absolute Gasteiger partial charge is 0.475 e. The fourth-order valence-electron chi connectivity index (χ4n) is 4.00. The highest BCUT2D eigenvalue weighted by molar-refractivity contribution is 5.95. The molecule has 8 nitrogen and oxygen atoms in total. The summed E-state index contributed by atoms with van der Waals surface area (Å²) in [6.07, 6.45) is 3.91. The van der Waals surface area contributed by atoms with Gasteiger partial charge < -0.3 is 19.3 Å². The topological polar surface area (TPSA) is 104 Å². The first kappa shape index (κ1) is 23.3. The number of aliphatic carboxylic acids is 1. The highest BCUT2D eigenvalue weighted by atomic mass is 19.4. The molecule has 2 aromatic heterocycles. The standard InChI is InChI=1S/C19H21N3O3.C2HF3O2/c23-17(16-4-11-25-13-16)22-9-1-5-19(14-22)6-10-21(18(19)24)12-15-2-7-20-8-3-15;3-2(4,5)1(6)7/h2-4,7-8,11,13H,1,5-6,9-10,12,14H2;(H,6,7). The summed E-state index contributed by atoms with van der Waals surface area (Å²) in [7, 11) is 0. The van der Waals surface area contributed by atoms with E-state index in [1.54, 1.807) is 18.5 Å². The van der Waals surface area contributed by atoms with Crippen molar-refractivity contribution in [2.45, 2.75) is 32.0 Å². The van der Waals surface area contributed by atoms with E-state index in [2.05, 4.69) is 4.98 Å². The molecule has 0 aliphatic carbocycles. The lowest BCUT2D eigenvalue weighted by molar-refractivity contribution is -0.192. The van der Waals surface area contributed by atoms with Crippen LogP contribution in [0.4, 0.5) is 13.2 Å². The van der Waals surface area contributed by atoms with Gasteiger partial charge in [-0.3, -0.25) is 14.6 Å². The van der Waals surface area contributed by atoms with Crippen LogP contribution in [0.15, 0.2) is 47.5 Å². The molecule has 1 atom stereocenters. The zero-order valence-corrected chi connectivity index (χ0v) is 17.0. The summed E-state index contributed by atoms with van der Waals surface area (Å²) < 4.78 is 36.8. The van der Waals surface area contributed by atoms with Gasteiger partial charge in [-0.2, -0.15) is 13.2 Å². The predicted octanol–water partition coefficient (Wildman–Crippen LogP) is 2.96. The van der Waals surface area contributed by atoms with Crippen molar-refractivity contribution in [2.24, 2.45) is 5.41 Å². The van der Waals surface area contributed by atoms with Crippen LogP contribution in [0.5, 0.6) is 0 Å². The molecule has 4 rings (SSSR count). The van der Waals surface area contributed by atoms with Crippen molar-refractivity contribution in [3.8, 4) is 0 Å². The summed E-state index contributed by atoms with van der Waals surface area (Å²) in [5.74, 6) is -2.63. The van der Waals surface area contributed by atoms with Crippen LogP contribution in [0, 0.1) is 5.41 Å². The quantitative estimate of drug-likeness (QED) is 0.767. The molecule has 0 saturated carbocycles. The Morgan fingerprint density at radius 2 is 1.84 bits per heavy atom. The number of furan rings is 1.